The largest absolute Gasteiger partial charge is 0.396 e. The zero-order valence-corrected chi connectivity index (χ0v) is 10.1. The summed E-state index contributed by atoms with van der Waals surface area (Å²) in [5.41, 5.74) is 2.36. The summed E-state index contributed by atoms with van der Waals surface area (Å²) in [4.78, 5) is 0. The van der Waals surface area contributed by atoms with Crippen LogP contribution in [0.4, 0.5) is 0 Å². The first-order chi connectivity index (χ1) is 8.31. The van der Waals surface area contributed by atoms with E-state index in [2.05, 4.69) is 23.4 Å². The van der Waals surface area contributed by atoms with Gasteiger partial charge in [-0.3, -0.25) is 0 Å². The van der Waals surface area contributed by atoms with Gasteiger partial charge >= 0.3 is 0 Å². The van der Waals surface area contributed by atoms with Crippen molar-refractivity contribution in [1.29, 1.82) is 0 Å². The van der Waals surface area contributed by atoms with Crippen LogP contribution in [0.2, 0.25) is 0 Å². The van der Waals surface area contributed by atoms with Gasteiger partial charge in [-0.1, -0.05) is 13.0 Å². The number of nitrogens with zero attached hydrogens (tertiary/aromatic N) is 2. The van der Waals surface area contributed by atoms with Gasteiger partial charge in [0.15, 0.2) is 0 Å². The van der Waals surface area contributed by atoms with E-state index in [0.717, 1.165) is 25.0 Å². The molecule has 0 aliphatic rings. The molecule has 0 spiro atoms. The third-order valence-electron chi connectivity index (χ3n) is 2.94. The lowest BCUT2D eigenvalue weighted by Crippen LogP contribution is -2.21. The molecule has 0 amide bonds. The predicted octanol–water partition coefficient (Wildman–Crippen LogP) is 1.44. The first kappa shape index (κ1) is 12.1. The Morgan fingerprint density at radius 1 is 1.47 bits per heavy atom. The van der Waals surface area contributed by atoms with E-state index in [1.807, 2.05) is 29.0 Å². The van der Waals surface area contributed by atoms with Crippen LogP contribution in [0.25, 0.3) is 5.52 Å². The second-order valence-electron chi connectivity index (χ2n) is 4.45. The smallest absolute Gasteiger partial charge is 0.0706 e. The first-order valence-corrected chi connectivity index (χ1v) is 6.04. The van der Waals surface area contributed by atoms with E-state index in [0.29, 0.717) is 5.92 Å². The van der Waals surface area contributed by atoms with Crippen LogP contribution in [0.1, 0.15) is 18.9 Å². The van der Waals surface area contributed by atoms with E-state index in [-0.39, 0.29) is 6.61 Å². The van der Waals surface area contributed by atoms with Crippen LogP contribution in [-0.2, 0) is 6.54 Å². The van der Waals surface area contributed by atoms with Crippen molar-refractivity contribution in [2.45, 2.75) is 19.9 Å². The summed E-state index contributed by atoms with van der Waals surface area (Å²) < 4.78 is 1.88. The zero-order chi connectivity index (χ0) is 12.1. The normalized spacial score (nSPS) is 13.1. The maximum Gasteiger partial charge on any atom is 0.0706 e. The minimum Gasteiger partial charge on any atom is -0.396 e. The molecular formula is C13H19N3O. The number of aliphatic hydroxyl groups excluding tert-OH is 1. The van der Waals surface area contributed by atoms with Crippen molar-refractivity contribution < 1.29 is 5.11 Å². The van der Waals surface area contributed by atoms with Crippen LogP contribution in [0.15, 0.2) is 30.6 Å². The lowest BCUT2D eigenvalue weighted by molar-refractivity contribution is 0.260. The van der Waals surface area contributed by atoms with Gasteiger partial charge in [0.05, 0.1) is 11.7 Å². The second kappa shape index (κ2) is 5.80. The molecule has 0 bridgehead atoms. The van der Waals surface area contributed by atoms with E-state index in [4.69, 9.17) is 5.11 Å². The molecule has 0 aromatic carbocycles. The molecule has 4 nitrogen and oxygen atoms in total. The molecule has 0 fully saturated rings. The van der Waals surface area contributed by atoms with Crippen molar-refractivity contribution in [3.8, 4) is 0 Å². The highest BCUT2D eigenvalue weighted by atomic mass is 16.3. The van der Waals surface area contributed by atoms with Gasteiger partial charge in [-0.2, -0.15) is 5.10 Å². The molecule has 0 aliphatic carbocycles. The summed E-state index contributed by atoms with van der Waals surface area (Å²) in [6, 6.07) is 6.07. The Balaban J connectivity index is 1.91. The molecule has 2 aromatic rings. The van der Waals surface area contributed by atoms with E-state index in [1.54, 1.807) is 0 Å². The molecule has 1 unspecified atom stereocenters. The molecule has 0 saturated carbocycles. The standard InChI is InChI=1S/C13H19N3O/c1-11(5-7-17)8-14-9-12-10-15-16-6-3-2-4-13(12)16/h2-4,6,10-11,14,17H,5,7-9H2,1H3. The summed E-state index contributed by atoms with van der Waals surface area (Å²) in [7, 11) is 0. The fraction of sp³-hybridized carbons (Fsp3) is 0.462. The molecular weight excluding hydrogens is 214 g/mol. The molecule has 1 atom stereocenters. The minimum absolute atomic E-state index is 0.263. The van der Waals surface area contributed by atoms with E-state index >= 15 is 0 Å². The maximum atomic E-state index is 8.82. The SMILES string of the molecule is CC(CCO)CNCc1cnn2ccccc12. The average Bonchev–Trinajstić information content (AvgIpc) is 2.73. The van der Waals surface area contributed by atoms with Crippen LogP contribution in [0, 0.1) is 5.92 Å². The van der Waals surface area contributed by atoms with Crippen molar-refractivity contribution in [2.24, 2.45) is 5.92 Å². The van der Waals surface area contributed by atoms with Crippen LogP contribution in [0.5, 0.6) is 0 Å². The lowest BCUT2D eigenvalue weighted by Gasteiger charge is -2.10. The van der Waals surface area contributed by atoms with E-state index in [9.17, 15) is 0 Å². The molecule has 0 radical (unpaired) electrons. The number of fused-ring (bicyclic) bond motifs is 1. The molecule has 2 rings (SSSR count). The summed E-state index contributed by atoms with van der Waals surface area (Å²) in [6.45, 7) is 4.15. The molecule has 2 heterocycles. The topological polar surface area (TPSA) is 49.6 Å². The fourth-order valence-corrected chi connectivity index (χ4v) is 1.90. The Morgan fingerprint density at radius 3 is 3.18 bits per heavy atom. The van der Waals surface area contributed by atoms with Gasteiger partial charge in [-0.25, -0.2) is 4.52 Å². The van der Waals surface area contributed by atoms with Crippen LogP contribution in [0.3, 0.4) is 0 Å². The fourth-order valence-electron chi connectivity index (χ4n) is 1.90. The molecule has 2 aromatic heterocycles. The van der Waals surface area contributed by atoms with Crippen LogP contribution in [-0.4, -0.2) is 27.9 Å². The molecule has 0 saturated heterocycles. The zero-order valence-electron chi connectivity index (χ0n) is 10.1. The summed E-state index contributed by atoms with van der Waals surface area (Å²) in [5, 5.41) is 16.5. The van der Waals surface area contributed by atoms with Crippen molar-refractivity contribution in [2.75, 3.05) is 13.2 Å². The van der Waals surface area contributed by atoms with Gasteiger partial charge in [-0.15, -0.1) is 0 Å². The van der Waals surface area contributed by atoms with Gasteiger partial charge in [0.1, 0.15) is 0 Å². The molecule has 4 heteroatoms. The average molecular weight is 233 g/mol. The predicted molar refractivity (Wildman–Crippen MR) is 67.8 cm³/mol. The third kappa shape index (κ3) is 3.05. The third-order valence-corrected chi connectivity index (χ3v) is 2.94. The Kier molecular flexibility index (Phi) is 4.12. The second-order valence-corrected chi connectivity index (χ2v) is 4.45. The van der Waals surface area contributed by atoms with Crippen LogP contribution < -0.4 is 5.32 Å². The van der Waals surface area contributed by atoms with Crippen molar-refractivity contribution in [3.05, 3.63) is 36.2 Å². The summed E-state index contributed by atoms with van der Waals surface area (Å²) in [5.74, 6) is 0.502. The molecule has 17 heavy (non-hydrogen) atoms. The Hall–Kier alpha value is -1.39. The first-order valence-electron chi connectivity index (χ1n) is 6.04. The highest BCUT2D eigenvalue weighted by Crippen LogP contribution is 2.09. The molecule has 2 N–H and O–H groups in total. The number of hydrogen-bond acceptors (Lipinski definition) is 3. The number of nitrogens with one attached hydrogen (secondary N) is 1. The maximum absolute atomic E-state index is 8.82. The van der Waals surface area contributed by atoms with Gasteiger partial charge in [-0.05, 0) is 31.0 Å². The van der Waals surface area contributed by atoms with Gasteiger partial charge in [0.25, 0.3) is 0 Å². The Labute approximate surface area is 101 Å². The summed E-state index contributed by atoms with van der Waals surface area (Å²) >= 11 is 0. The van der Waals surface area contributed by atoms with Crippen molar-refractivity contribution >= 4 is 5.52 Å². The lowest BCUT2D eigenvalue weighted by atomic mass is 10.1. The monoisotopic (exact) mass is 233 g/mol. The number of rotatable bonds is 6. The van der Waals surface area contributed by atoms with E-state index < -0.39 is 0 Å². The van der Waals surface area contributed by atoms with Gasteiger partial charge in [0, 0.05) is 24.9 Å². The van der Waals surface area contributed by atoms with Crippen molar-refractivity contribution in [3.63, 3.8) is 0 Å². The molecule has 92 valence electrons. The number of aromatic nitrogens is 2. The van der Waals surface area contributed by atoms with E-state index in [1.165, 1.54) is 5.56 Å². The minimum atomic E-state index is 0.263. The van der Waals surface area contributed by atoms with Crippen molar-refractivity contribution in [1.82, 2.24) is 14.9 Å². The number of hydrogen-bond donors (Lipinski definition) is 2. The van der Waals surface area contributed by atoms with Gasteiger partial charge in [0.2, 0.25) is 0 Å². The summed E-state index contributed by atoms with van der Waals surface area (Å²) in [6.07, 6.45) is 4.70. The van der Waals surface area contributed by atoms with Gasteiger partial charge < -0.3 is 10.4 Å². The molecule has 0 aliphatic heterocycles. The highest BCUT2D eigenvalue weighted by Gasteiger charge is 2.04. The number of pyridine rings is 1. The Bertz CT molecular complexity index is 466. The highest BCUT2D eigenvalue weighted by molar-refractivity contribution is 5.53. The quantitative estimate of drug-likeness (QED) is 0.794. The number of aliphatic hydroxyl groups is 1. The van der Waals surface area contributed by atoms with Crippen LogP contribution >= 0.6 is 0 Å². The Morgan fingerprint density at radius 2 is 2.35 bits per heavy atom.